The van der Waals surface area contributed by atoms with Crippen LogP contribution in [0.2, 0.25) is 0 Å². The first-order valence-electron chi connectivity index (χ1n) is 7.08. The van der Waals surface area contributed by atoms with Crippen molar-refractivity contribution in [3.63, 3.8) is 0 Å². The van der Waals surface area contributed by atoms with Crippen molar-refractivity contribution in [2.75, 3.05) is 19.8 Å². The van der Waals surface area contributed by atoms with Crippen molar-refractivity contribution in [1.29, 1.82) is 0 Å². The number of rotatable bonds is 10. The van der Waals surface area contributed by atoms with Crippen LogP contribution in [0.25, 0.3) is 0 Å². The van der Waals surface area contributed by atoms with E-state index in [-0.39, 0.29) is 12.6 Å². The summed E-state index contributed by atoms with van der Waals surface area (Å²) in [4.78, 5) is 0. The first-order valence-corrected chi connectivity index (χ1v) is 7.08. The molecule has 0 aromatic heterocycles. The summed E-state index contributed by atoms with van der Waals surface area (Å²) in [7, 11) is 0. The second kappa shape index (κ2) is 9.39. The molecule has 0 fully saturated rings. The van der Waals surface area contributed by atoms with Gasteiger partial charge in [0.15, 0.2) is 11.5 Å². The van der Waals surface area contributed by atoms with E-state index in [0.717, 1.165) is 23.5 Å². The van der Waals surface area contributed by atoms with Gasteiger partial charge in [0.05, 0.1) is 13.2 Å². The van der Waals surface area contributed by atoms with Crippen LogP contribution >= 0.6 is 0 Å². The van der Waals surface area contributed by atoms with Crippen molar-refractivity contribution in [2.24, 2.45) is 0 Å². The average Bonchev–Trinajstić information content (AvgIpc) is 2.48. The van der Waals surface area contributed by atoms with Gasteiger partial charge in [-0.05, 0) is 31.0 Å². The van der Waals surface area contributed by atoms with Gasteiger partial charge in [-0.25, -0.2) is 0 Å². The third-order valence-electron chi connectivity index (χ3n) is 2.97. The van der Waals surface area contributed by atoms with Gasteiger partial charge in [-0.1, -0.05) is 25.6 Å². The Hall–Kier alpha value is -1.52. The Morgan fingerprint density at radius 3 is 2.70 bits per heavy atom. The summed E-state index contributed by atoms with van der Waals surface area (Å²) in [5, 5.41) is 12.5. The highest BCUT2D eigenvalue weighted by atomic mass is 16.5. The van der Waals surface area contributed by atoms with Crippen LogP contribution in [-0.2, 0) is 6.54 Å². The number of aliphatic hydroxyl groups excluding tert-OH is 1. The largest absolute Gasteiger partial charge is 0.490 e. The van der Waals surface area contributed by atoms with Crippen LogP contribution in [-0.4, -0.2) is 31.0 Å². The van der Waals surface area contributed by atoms with Crippen LogP contribution in [0.15, 0.2) is 30.9 Å². The summed E-state index contributed by atoms with van der Waals surface area (Å²) < 4.78 is 11.2. The van der Waals surface area contributed by atoms with Gasteiger partial charge in [0, 0.05) is 12.6 Å². The summed E-state index contributed by atoms with van der Waals surface area (Å²) in [5.74, 6) is 1.47. The number of benzene rings is 1. The molecule has 1 aromatic carbocycles. The minimum absolute atomic E-state index is 0.127. The SMILES string of the molecule is C=CCOc1ccc(CN[C@@H](CC)CO)cc1OCC. The van der Waals surface area contributed by atoms with E-state index < -0.39 is 0 Å². The number of ether oxygens (including phenoxy) is 2. The fourth-order valence-electron chi connectivity index (χ4n) is 1.80. The predicted molar refractivity (Wildman–Crippen MR) is 81.3 cm³/mol. The Balaban J connectivity index is 2.72. The Morgan fingerprint density at radius 2 is 2.10 bits per heavy atom. The van der Waals surface area contributed by atoms with Crippen molar-refractivity contribution in [1.82, 2.24) is 5.32 Å². The van der Waals surface area contributed by atoms with Crippen molar-refractivity contribution in [3.05, 3.63) is 36.4 Å². The highest BCUT2D eigenvalue weighted by molar-refractivity contribution is 5.43. The standard InChI is InChI=1S/C16H25NO3/c1-4-9-20-15-8-7-13(10-16(15)19-6-3)11-17-14(5-2)12-18/h4,7-8,10,14,17-18H,1,5-6,9,11-12H2,2-3H3/t14-/m0/s1. The van der Waals surface area contributed by atoms with E-state index in [2.05, 4.69) is 11.9 Å². The maximum absolute atomic E-state index is 9.17. The lowest BCUT2D eigenvalue weighted by atomic mass is 10.1. The molecule has 20 heavy (non-hydrogen) atoms. The molecular weight excluding hydrogens is 254 g/mol. The van der Waals surface area contributed by atoms with Crippen molar-refractivity contribution in [3.8, 4) is 11.5 Å². The molecule has 4 heteroatoms. The molecule has 0 heterocycles. The Morgan fingerprint density at radius 1 is 1.30 bits per heavy atom. The number of nitrogens with one attached hydrogen (secondary N) is 1. The van der Waals surface area contributed by atoms with Crippen molar-refractivity contribution >= 4 is 0 Å². The molecule has 1 aromatic rings. The molecule has 2 N–H and O–H groups in total. The minimum atomic E-state index is 0.127. The highest BCUT2D eigenvalue weighted by Gasteiger charge is 2.08. The van der Waals surface area contributed by atoms with Gasteiger partial charge in [-0.15, -0.1) is 0 Å². The van der Waals surface area contributed by atoms with E-state index in [1.54, 1.807) is 6.08 Å². The first kappa shape index (κ1) is 16.5. The van der Waals surface area contributed by atoms with E-state index in [0.29, 0.717) is 19.8 Å². The van der Waals surface area contributed by atoms with Gasteiger partial charge in [0.25, 0.3) is 0 Å². The molecule has 4 nitrogen and oxygen atoms in total. The highest BCUT2D eigenvalue weighted by Crippen LogP contribution is 2.28. The lowest BCUT2D eigenvalue weighted by Gasteiger charge is -2.16. The maximum atomic E-state index is 9.17. The summed E-state index contributed by atoms with van der Waals surface area (Å²) in [5.41, 5.74) is 1.10. The number of hydrogen-bond donors (Lipinski definition) is 2. The molecular formula is C16H25NO3. The van der Waals surface area contributed by atoms with Gasteiger partial charge in [-0.3, -0.25) is 0 Å². The van der Waals surface area contributed by atoms with Gasteiger partial charge in [0.1, 0.15) is 6.61 Å². The van der Waals surface area contributed by atoms with Gasteiger partial charge >= 0.3 is 0 Å². The normalized spacial score (nSPS) is 11.9. The Kier molecular flexibility index (Phi) is 7.77. The third kappa shape index (κ3) is 5.23. The van der Waals surface area contributed by atoms with Crippen LogP contribution in [0, 0.1) is 0 Å². The molecule has 0 aliphatic heterocycles. The summed E-state index contributed by atoms with van der Waals surface area (Å²) in [6.07, 6.45) is 2.60. The quantitative estimate of drug-likeness (QED) is 0.646. The van der Waals surface area contributed by atoms with E-state index >= 15 is 0 Å². The summed E-state index contributed by atoms with van der Waals surface area (Å²) in [6, 6.07) is 6.00. The fourth-order valence-corrected chi connectivity index (χ4v) is 1.80. The van der Waals surface area contributed by atoms with Crippen LogP contribution in [0.3, 0.4) is 0 Å². The number of aliphatic hydroxyl groups is 1. The van der Waals surface area contributed by atoms with Gasteiger partial charge in [-0.2, -0.15) is 0 Å². The molecule has 0 saturated carbocycles. The lowest BCUT2D eigenvalue weighted by molar-refractivity contribution is 0.238. The van der Waals surface area contributed by atoms with Crippen LogP contribution in [0.1, 0.15) is 25.8 Å². The summed E-state index contributed by atoms with van der Waals surface area (Å²) in [6.45, 7) is 9.52. The Bertz CT molecular complexity index is 403. The van der Waals surface area contributed by atoms with E-state index in [4.69, 9.17) is 14.6 Å². The minimum Gasteiger partial charge on any atom is -0.490 e. The van der Waals surface area contributed by atoms with Crippen LogP contribution in [0.5, 0.6) is 11.5 Å². The van der Waals surface area contributed by atoms with Gasteiger partial charge in [0.2, 0.25) is 0 Å². The zero-order valence-electron chi connectivity index (χ0n) is 12.4. The van der Waals surface area contributed by atoms with Crippen molar-refractivity contribution in [2.45, 2.75) is 32.9 Å². The van der Waals surface area contributed by atoms with Gasteiger partial charge < -0.3 is 19.9 Å². The number of hydrogen-bond acceptors (Lipinski definition) is 4. The molecule has 1 atom stereocenters. The molecule has 0 unspecified atom stereocenters. The molecule has 0 aliphatic carbocycles. The molecule has 0 spiro atoms. The first-order chi connectivity index (χ1) is 9.74. The lowest BCUT2D eigenvalue weighted by Crippen LogP contribution is -2.31. The zero-order chi connectivity index (χ0) is 14.8. The second-order valence-electron chi connectivity index (χ2n) is 4.48. The summed E-state index contributed by atoms with van der Waals surface area (Å²) >= 11 is 0. The molecule has 0 radical (unpaired) electrons. The monoisotopic (exact) mass is 279 g/mol. The predicted octanol–water partition coefficient (Wildman–Crippen LogP) is 2.51. The van der Waals surface area contributed by atoms with Crippen LogP contribution < -0.4 is 14.8 Å². The molecule has 0 aliphatic rings. The second-order valence-corrected chi connectivity index (χ2v) is 4.48. The maximum Gasteiger partial charge on any atom is 0.161 e. The molecule has 0 amide bonds. The zero-order valence-corrected chi connectivity index (χ0v) is 12.4. The van der Waals surface area contributed by atoms with E-state index in [1.165, 1.54) is 0 Å². The Labute approximate surface area is 121 Å². The third-order valence-corrected chi connectivity index (χ3v) is 2.97. The molecule has 1 rings (SSSR count). The van der Waals surface area contributed by atoms with E-state index in [1.807, 2.05) is 32.0 Å². The van der Waals surface area contributed by atoms with Crippen LogP contribution in [0.4, 0.5) is 0 Å². The van der Waals surface area contributed by atoms with Crippen molar-refractivity contribution < 1.29 is 14.6 Å². The average molecular weight is 279 g/mol. The molecule has 112 valence electrons. The molecule has 0 bridgehead atoms. The van der Waals surface area contributed by atoms with E-state index in [9.17, 15) is 0 Å². The molecule has 0 saturated heterocycles. The smallest absolute Gasteiger partial charge is 0.161 e. The fraction of sp³-hybridized carbons (Fsp3) is 0.500. The topological polar surface area (TPSA) is 50.7 Å².